The normalized spacial score (nSPS) is 10.8. The maximum absolute atomic E-state index is 4.45. The highest BCUT2D eigenvalue weighted by molar-refractivity contribution is 5.69. The Morgan fingerprint density at radius 3 is 2.05 bits per heavy atom. The smallest absolute Gasteiger partial charge is 0.0886 e. The van der Waals surface area contributed by atoms with Gasteiger partial charge in [0.2, 0.25) is 0 Å². The van der Waals surface area contributed by atoms with Crippen LogP contribution in [0.5, 0.6) is 0 Å². The van der Waals surface area contributed by atoms with Crippen molar-refractivity contribution in [3.8, 4) is 11.4 Å². The standard InChI is InChI=1S/C18H14N2/c1-2-6-15(7-3-1)9-10-16-11-12-18(20-14-16)17-8-4-5-13-19-17/h1-14H/b10-9+. The highest BCUT2D eigenvalue weighted by Crippen LogP contribution is 2.14. The Balaban J connectivity index is 1.79. The average molecular weight is 258 g/mol. The van der Waals surface area contributed by atoms with Crippen molar-refractivity contribution in [2.75, 3.05) is 0 Å². The van der Waals surface area contributed by atoms with E-state index in [1.807, 2.05) is 48.7 Å². The highest BCUT2D eigenvalue weighted by Gasteiger charge is 1.98. The van der Waals surface area contributed by atoms with Crippen molar-refractivity contribution in [3.63, 3.8) is 0 Å². The fraction of sp³-hybridized carbons (Fsp3) is 0. The lowest BCUT2D eigenvalue weighted by molar-refractivity contribution is 1.24. The first-order valence-electron chi connectivity index (χ1n) is 6.52. The van der Waals surface area contributed by atoms with Crippen LogP contribution in [0.25, 0.3) is 23.5 Å². The summed E-state index contributed by atoms with van der Waals surface area (Å²) in [5.41, 5.74) is 4.04. The molecule has 1 aromatic carbocycles. The minimum Gasteiger partial charge on any atom is -0.255 e. The van der Waals surface area contributed by atoms with Crippen molar-refractivity contribution in [1.29, 1.82) is 0 Å². The molecule has 0 saturated carbocycles. The van der Waals surface area contributed by atoms with Gasteiger partial charge in [0.25, 0.3) is 0 Å². The molecule has 0 amide bonds. The van der Waals surface area contributed by atoms with Crippen LogP contribution in [0.3, 0.4) is 0 Å². The lowest BCUT2D eigenvalue weighted by Crippen LogP contribution is -1.86. The number of pyridine rings is 2. The third kappa shape index (κ3) is 2.98. The third-order valence-corrected chi connectivity index (χ3v) is 2.98. The van der Waals surface area contributed by atoms with Gasteiger partial charge >= 0.3 is 0 Å². The second-order valence-corrected chi connectivity index (χ2v) is 4.44. The minimum absolute atomic E-state index is 0.891. The molecule has 3 aromatic rings. The number of hydrogen-bond donors (Lipinski definition) is 0. The molecule has 0 aliphatic carbocycles. The molecule has 2 aromatic heterocycles. The SMILES string of the molecule is C(=C\c1ccc(-c2ccccn2)nc1)/c1ccccc1. The Morgan fingerprint density at radius 2 is 1.35 bits per heavy atom. The van der Waals surface area contributed by atoms with Crippen molar-refractivity contribution < 1.29 is 0 Å². The van der Waals surface area contributed by atoms with Crippen LogP contribution in [0, 0.1) is 0 Å². The van der Waals surface area contributed by atoms with E-state index in [2.05, 4.69) is 40.3 Å². The van der Waals surface area contributed by atoms with Gasteiger partial charge in [0, 0.05) is 12.4 Å². The molecule has 0 fully saturated rings. The van der Waals surface area contributed by atoms with Crippen LogP contribution in [0.4, 0.5) is 0 Å². The lowest BCUT2D eigenvalue weighted by Gasteiger charge is -2.00. The molecule has 0 bridgehead atoms. The summed E-state index contributed by atoms with van der Waals surface area (Å²) in [6.45, 7) is 0. The second-order valence-electron chi connectivity index (χ2n) is 4.44. The number of benzene rings is 1. The van der Waals surface area contributed by atoms with Crippen LogP contribution >= 0.6 is 0 Å². The summed E-state index contributed by atoms with van der Waals surface area (Å²) >= 11 is 0. The number of nitrogens with zero attached hydrogens (tertiary/aromatic N) is 2. The molecule has 0 unspecified atom stereocenters. The van der Waals surface area contributed by atoms with Crippen LogP contribution in [0.15, 0.2) is 73.1 Å². The largest absolute Gasteiger partial charge is 0.255 e. The lowest BCUT2D eigenvalue weighted by atomic mass is 10.1. The summed E-state index contributed by atoms with van der Waals surface area (Å²) in [6, 6.07) is 20.1. The number of rotatable bonds is 3. The van der Waals surface area contributed by atoms with Crippen molar-refractivity contribution in [1.82, 2.24) is 9.97 Å². The van der Waals surface area contributed by atoms with Crippen LogP contribution in [-0.4, -0.2) is 9.97 Å². The summed E-state index contributed by atoms with van der Waals surface area (Å²) in [7, 11) is 0. The van der Waals surface area contributed by atoms with Gasteiger partial charge in [-0.1, -0.05) is 54.6 Å². The van der Waals surface area contributed by atoms with Gasteiger partial charge in [-0.15, -0.1) is 0 Å². The van der Waals surface area contributed by atoms with Crippen molar-refractivity contribution >= 4 is 12.2 Å². The van der Waals surface area contributed by atoms with Crippen LogP contribution in [0.1, 0.15) is 11.1 Å². The van der Waals surface area contributed by atoms with Crippen LogP contribution in [0.2, 0.25) is 0 Å². The summed E-state index contributed by atoms with van der Waals surface area (Å²) < 4.78 is 0. The Labute approximate surface area is 118 Å². The zero-order valence-electron chi connectivity index (χ0n) is 11.0. The molecule has 3 rings (SSSR count). The molecule has 96 valence electrons. The Hall–Kier alpha value is -2.74. The third-order valence-electron chi connectivity index (χ3n) is 2.98. The molecule has 2 heterocycles. The average Bonchev–Trinajstić information content (AvgIpc) is 2.55. The molecule has 0 saturated heterocycles. The molecular formula is C18H14N2. The molecule has 2 heteroatoms. The molecule has 0 N–H and O–H groups in total. The summed E-state index contributed by atoms with van der Waals surface area (Å²) in [4.78, 5) is 8.74. The molecular weight excluding hydrogens is 244 g/mol. The zero-order valence-corrected chi connectivity index (χ0v) is 11.0. The van der Waals surface area contributed by atoms with E-state index in [1.54, 1.807) is 6.20 Å². The van der Waals surface area contributed by atoms with E-state index in [0.717, 1.165) is 17.0 Å². The molecule has 2 nitrogen and oxygen atoms in total. The molecule has 20 heavy (non-hydrogen) atoms. The summed E-state index contributed by atoms with van der Waals surface area (Å²) in [5.74, 6) is 0. The monoisotopic (exact) mass is 258 g/mol. The maximum Gasteiger partial charge on any atom is 0.0886 e. The topological polar surface area (TPSA) is 25.8 Å². The van der Waals surface area contributed by atoms with Crippen LogP contribution < -0.4 is 0 Å². The first-order valence-corrected chi connectivity index (χ1v) is 6.52. The van der Waals surface area contributed by atoms with Crippen molar-refractivity contribution in [3.05, 3.63) is 84.2 Å². The van der Waals surface area contributed by atoms with Crippen molar-refractivity contribution in [2.24, 2.45) is 0 Å². The first-order chi connectivity index (χ1) is 9.92. The predicted octanol–water partition coefficient (Wildman–Crippen LogP) is 4.31. The molecule has 0 spiro atoms. The van der Waals surface area contributed by atoms with Gasteiger partial charge in [-0.25, -0.2) is 0 Å². The van der Waals surface area contributed by atoms with E-state index in [1.165, 1.54) is 5.56 Å². The van der Waals surface area contributed by atoms with Gasteiger partial charge in [0.15, 0.2) is 0 Å². The van der Waals surface area contributed by atoms with Gasteiger partial charge in [-0.05, 0) is 29.3 Å². The highest BCUT2D eigenvalue weighted by atomic mass is 14.8. The Kier molecular flexibility index (Phi) is 3.65. The van der Waals surface area contributed by atoms with E-state index in [9.17, 15) is 0 Å². The second kappa shape index (κ2) is 5.93. The fourth-order valence-electron chi connectivity index (χ4n) is 1.93. The van der Waals surface area contributed by atoms with Gasteiger partial charge in [0.05, 0.1) is 11.4 Å². The van der Waals surface area contributed by atoms with Crippen molar-refractivity contribution in [2.45, 2.75) is 0 Å². The minimum atomic E-state index is 0.891. The Bertz CT molecular complexity index is 687. The molecule has 0 radical (unpaired) electrons. The fourth-order valence-corrected chi connectivity index (χ4v) is 1.93. The molecule has 0 atom stereocenters. The quantitative estimate of drug-likeness (QED) is 0.699. The van der Waals surface area contributed by atoms with E-state index in [4.69, 9.17) is 0 Å². The zero-order chi connectivity index (χ0) is 13.6. The van der Waals surface area contributed by atoms with Gasteiger partial charge in [0.1, 0.15) is 0 Å². The number of aromatic nitrogens is 2. The first kappa shape index (κ1) is 12.3. The van der Waals surface area contributed by atoms with Crippen LogP contribution in [-0.2, 0) is 0 Å². The van der Waals surface area contributed by atoms with Gasteiger partial charge < -0.3 is 0 Å². The summed E-state index contributed by atoms with van der Waals surface area (Å²) in [5, 5.41) is 0. The van der Waals surface area contributed by atoms with Gasteiger partial charge in [-0.3, -0.25) is 9.97 Å². The van der Waals surface area contributed by atoms with E-state index < -0.39 is 0 Å². The van der Waals surface area contributed by atoms with E-state index in [0.29, 0.717) is 0 Å². The predicted molar refractivity (Wildman–Crippen MR) is 82.8 cm³/mol. The van der Waals surface area contributed by atoms with E-state index >= 15 is 0 Å². The summed E-state index contributed by atoms with van der Waals surface area (Å²) in [6.07, 6.45) is 7.78. The van der Waals surface area contributed by atoms with Gasteiger partial charge in [-0.2, -0.15) is 0 Å². The number of hydrogen-bond acceptors (Lipinski definition) is 2. The maximum atomic E-state index is 4.45. The Morgan fingerprint density at radius 1 is 0.600 bits per heavy atom. The molecule has 0 aliphatic rings. The molecule has 0 aliphatic heterocycles. The van der Waals surface area contributed by atoms with E-state index in [-0.39, 0.29) is 0 Å².